The zero-order valence-corrected chi connectivity index (χ0v) is 9.17. The van der Waals surface area contributed by atoms with E-state index in [2.05, 4.69) is 9.97 Å². The van der Waals surface area contributed by atoms with Crippen molar-refractivity contribution in [2.24, 2.45) is 0 Å². The predicted octanol–water partition coefficient (Wildman–Crippen LogP) is 1.70. The molecule has 2 aromatic heterocycles. The Hall–Kier alpha value is -2.10. The first-order valence-corrected chi connectivity index (χ1v) is 5.08. The molecule has 0 atom stereocenters. The molecule has 4 nitrogen and oxygen atoms in total. The Morgan fingerprint density at radius 1 is 1.25 bits per heavy atom. The molecule has 2 N–H and O–H groups in total. The average Bonchev–Trinajstić information content (AvgIpc) is 2.30. The molecule has 0 aliphatic rings. The number of nitrogens with two attached hydrogens (primary N) is 1. The molecule has 0 amide bonds. The van der Waals surface area contributed by atoms with E-state index in [1.807, 2.05) is 42.4 Å². The lowest BCUT2D eigenvalue weighted by Crippen LogP contribution is -2.18. The van der Waals surface area contributed by atoms with Crippen molar-refractivity contribution in [3.63, 3.8) is 0 Å². The Kier molecular flexibility index (Phi) is 3.00. The summed E-state index contributed by atoms with van der Waals surface area (Å²) in [6, 6.07) is 9.58. The average molecular weight is 214 g/mol. The molecule has 0 aliphatic carbocycles. The van der Waals surface area contributed by atoms with Gasteiger partial charge in [0.1, 0.15) is 11.6 Å². The molecule has 2 heterocycles. The van der Waals surface area contributed by atoms with Crippen molar-refractivity contribution in [2.45, 2.75) is 6.54 Å². The second kappa shape index (κ2) is 4.61. The second-order valence-electron chi connectivity index (χ2n) is 3.64. The Balaban J connectivity index is 2.12. The van der Waals surface area contributed by atoms with E-state index >= 15 is 0 Å². The number of rotatable bonds is 3. The quantitative estimate of drug-likeness (QED) is 0.844. The highest BCUT2D eigenvalue weighted by Crippen LogP contribution is 2.13. The SMILES string of the molecule is CN(Cc1cccnc1)c1cccc(N)n1. The van der Waals surface area contributed by atoms with E-state index in [1.165, 1.54) is 0 Å². The maximum atomic E-state index is 5.64. The van der Waals surface area contributed by atoms with Gasteiger partial charge in [-0.1, -0.05) is 12.1 Å². The zero-order valence-electron chi connectivity index (χ0n) is 9.17. The molecule has 2 rings (SSSR count). The number of nitrogens with zero attached hydrogens (tertiary/aromatic N) is 3. The van der Waals surface area contributed by atoms with E-state index in [1.54, 1.807) is 12.3 Å². The Bertz CT molecular complexity index is 456. The third-order valence-corrected chi connectivity index (χ3v) is 2.29. The van der Waals surface area contributed by atoms with Gasteiger partial charge in [0.25, 0.3) is 0 Å². The van der Waals surface area contributed by atoms with Crippen LogP contribution in [0.1, 0.15) is 5.56 Å². The van der Waals surface area contributed by atoms with E-state index in [0.717, 1.165) is 17.9 Å². The van der Waals surface area contributed by atoms with Crippen LogP contribution in [0.25, 0.3) is 0 Å². The van der Waals surface area contributed by atoms with Crippen LogP contribution >= 0.6 is 0 Å². The van der Waals surface area contributed by atoms with Crippen LogP contribution < -0.4 is 10.6 Å². The maximum Gasteiger partial charge on any atom is 0.130 e. The first kappa shape index (κ1) is 10.4. The summed E-state index contributed by atoms with van der Waals surface area (Å²) < 4.78 is 0. The molecule has 0 spiro atoms. The van der Waals surface area contributed by atoms with Crippen molar-refractivity contribution in [2.75, 3.05) is 17.7 Å². The van der Waals surface area contributed by atoms with Crippen LogP contribution in [0.4, 0.5) is 11.6 Å². The summed E-state index contributed by atoms with van der Waals surface area (Å²) in [6.45, 7) is 0.768. The fraction of sp³-hybridized carbons (Fsp3) is 0.167. The largest absolute Gasteiger partial charge is 0.384 e. The smallest absolute Gasteiger partial charge is 0.130 e. The number of hydrogen-bond donors (Lipinski definition) is 1. The first-order chi connectivity index (χ1) is 7.75. The van der Waals surface area contributed by atoms with Crippen LogP contribution in [0.15, 0.2) is 42.7 Å². The van der Waals surface area contributed by atoms with Crippen LogP contribution in [0.5, 0.6) is 0 Å². The molecule has 0 bridgehead atoms. The van der Waals surface area contributed by atoms with Gasteiger partial charge in [0.15, 0.2) is 0 Å². The van der Waals surface area contributed by atoms with Gasteiger partial charge in [0.2, 0.25) is 0 Å². The minimum atomic E-state index is 0.538. The number of nitrogen functional groups attached to an aromatic ring is 1. The molecule has 0 fully saturated rings. The van der Waals surface area contributed by atoms with E-state index in [0.29, 0.717) is 5.82 Å². The van der Waals surface area contributed by atoms with E-state index in [-0.39, 0.29) is 0 Å². The predicted molar refractivity (Wildman–Crippen MR) is 65.0 cm³/mol. The van der Waals surface area contributed by atoms with Gasteiger partial charge in [-0.05, 0) is 23.8 Å². The van der Waals surface area contributed by atoms with Crippen LogP contribution in [0, 0.1) is 0 Å². The van der Waals surface area contributed by atoms with Gasteiger partial charge in [-0.3, -0.25) is 4.98 Å². The highest BCUT2D eigenvalue weighted by Gasteiger charge is 2.03. The molecule has 0 aromatic carbocycles. The van der Waals surface area contributed by atoms with Crippen LogP contribution in [0.2, 0.25) is 0 Å². The van der Waals surface area contributed by atoms with Gasteiger partial charge in [-0.2, -0.15) is 0 Å². The Morgan fingerprint density at radius 2 is 2.12 bits per heavy atom. The van der Waals surface area contributed by atoms with E-state index in [9.17, 15) is 0 Å². The van der Waals surface area contributed by atoms with E-state index < -0.39 is 0 Å². The molecule has 0 saturated heterocycles. The molecule has 0 radical (unpaired) electrons. The number of anilines is 2. The summed E-state index contributed by atoms with van der Waals surface area (Å²) >= 11 is 0. The van der Waals surface area contributed by atoms with Crippen LogP contribution in [0.3, 0.4) is 0 Å². The van der Waals surface area contributed by atoms with Crippen molar-refractivity contribution < 1.29 is 0 Å². The van der Waals surface area contributed by atoms with Gasteiger partial charge in [0.05, 0.1) is 0 Å². The summed E-state index contributed by atoms with van der Waals surface area (Å²) in [7, 11) is 1.98. The van der Waals surface area contributed by atoms with Crippen molar-refractivity contribution in [1.82, 2.24) is 9.97 Å². The second-order valence-corrected chi connectivity index (χ2v) is 3.64. The fourth-order valence-electron chi connectivity index (χ4n) is 1.50. The normalized spacial score (nSPS) is 10.1. The standard InChI is InChI=1S/C12H14N4/c1-16(9-10-4-3-7-14-8-10)12-6-2-5-11(13)15-12/h2-8H,9H2,1H3,(H2,13,15). The summed E-state index contributed by atoms with van der Waals surface area (Å²) in [5.41, 5.74) is 6.79. The van der Waals surface area contributed by atoms with Gasteiger partial charge in [-0.25, -0.2) is 4.98 Å². The minimum Gasteiger partial charge on any atom is -0.384 e. The summed E-state index contributed by atoms with van der Waals surface area (Å²) in [4.78, 5) is 10.4. The molecule has 0 unspecified atom stereocenters. The van der Waals surface area contributed by atoms with Gasteiger partial charge in [0, 0.05) is 26.0 Å². The monoisotopic (exact) mass is 214 g/mol. The van der Waals surface area contributed by atoms with Crippen molar-refractivity contribution in [1.29, 1.82) is 0 Å². The molecular formula is C12H14N4. The molecular weight excluding hydrogens is 200 g/mol. The third kappa shape index (κ3) is 2.48. The Morgan fingerprint density at radius 3 is 2.81 bits per heavy atom. The van der Waals surface area contributed by atoms with Crippen molar-refractivity contribution in [3.05, 3.63) is 48.3 Å². The summed E-state index contributed by atoms with van der Waals surface area (Å²) in [5.74, 6) is 1.40. The van der Waals surface area contributed by atoms with Crippen LogP contribution in [-0.2, 0) is 6.54 Å². The zero-order chi connectivity index (χ0) is 11.4. The van der Waals surface area contributed by atoms with Gasteiger partial charge < -0.3 is 10.6 Å². The van der Waals surface area contributed by atoms with Crippen molar-refractivity contribution >= 4 is 11.6 Å². The van der Waals surface area contributed by atoms with Crippen molar-refractivity contribution in [3.8, 4) is 0 Å². The number of pyridine rings is 2. The fourth-order valence-corrected chi connectivity index (χ4v) is 1.50. The maximum absolute atomic E-state index is 5.64. The third-order valence-electron chi connectivity index (χ3n) is 2.29. The highest BCUT2D eigenvalue weighted by molar-refractivity contribution is 5.44. The molecule has 16 heavy (non-hydrogen) atoms. The summed E-state index contributed by atoms with van der Waals surface area (Å²) in [5, 5.41) is 0. The first-order valence-electron chi connectivity index (χ1n) is 5.08. The minimum absolute atomic E-state index is 0.538. The van der Waals surface area contributed by atoms with E-state index in [4.69, 9.17) is 5.73 Å². The summed E-state index contributed by atoms with van der Waals surface area (Å²) in [6.07, 6.45) is 3.62. The lowest BCUT2D eigenvalue weighted by Gasteiger charge is -2.18. The molecule has 2 aromatic rings. The lowest BCUT2D eigenvalue weighted by molar-refractivity contribution is 0.893. The lowest BCUT2D eigenvalue weighted by atomic mass is 10.2. The van der Waals surface area contributed by atoms with Gasteiger partial charge in [-0.15, -0.1) is 0 Å². The van der Waals surface area contributed by atoms with Crippen LogP contribution in [-0.4, -0.2) is 17.0 Å². The Labute approximate surface area is 94.8 Å². The molecule has 82 valence electrons. The molecule has 0 aliphatic heterocycles. The molecule has 4 heteroatoms. The topological polar surface area (TPSA) is 55.0 Å². The highest BCUT2D eigenvalue weighted by atomic mass is 15.2. The molecule has 0 saturated carbocycles. The number of hydrogen-bond acceptors (Lipinski definition) is 4. The number of aromatic nitrogens is 2. The van der Waals surface area contributed by atoms with Gasteiger partial charge >= 0.3 is 0 Å².